The van der Waals surface area contributed by atoms with Crippen LogP contribution in [0.15, 0.2) is 71.8 Å². The number of ether oxygens (including phenoxy) is 2. The third-order valence-corrected chi connectivity index (χ3v) is 11.2. The molecule has 4 aliphatic rings. The smallest absolute Gasteiger partial charge is 0.340 e. The number of aliphatic hydroxyl groups is 3. The van der Waals surface area contributed by atoms with Crippen molar-refractivity contribution >= 4 is 29.3 Å². The predicted octanol–water partition coefficient (Wildman–Crippen LogP) is 3.32. The highest BCUT2D eigenvalue weighted by atomic mass is 16.6. The van der Waals surface area contributed by atoms with Gasteiger partial charge in [0.1, 0.15) is 18.0 Å². The van der Waals surface area contributed by atoms with E-state index in [4.69, 9.17) is 9.47 Å². The van der Waals surface area contributed by atoms with Crippen molar-refractivity contribution in [1.29, 1.82) is 0 Å². The fourth-order valence-corrected chi connectivity index (χ4v) is 8.86. The predicted molar refractivity (Wildman–Crippen MR) is 168 cm³/mol. The SMILES string of the molecule is CC(=O)O[C@@]12[C@H](OC(=O)c3ccccc3NC(=O)c3ccccc3O)[C@@H](C)[C@]3(O)[C@@H]4C=C(C)C(=O)[C@@]4(O)[C@H](O)C(C)=C[C@H]3[C@@H]1C2(C)C. The molecule has 248 valence electrons. The molecular weight excluding hydrogens is 606 g/mol. The summed E-state index contributed by atoms with van der Waals surface area (Å²) in [4.78, 5) is 53.2. The molecule has 0 bridgehead atoms. The summed E-state index contributed by atoms with van der Waals surface area (Å²) in [6, 6.07) is 12.0. The fourth-order valence-electron chi connectivity index (χ4n) is 8.86. The summed E-state index contributed by atoms with van der Waals surface area (Å²) in [6.07, 6.45) is 0.201. The normalized spacial score (nSPS) is 36.4. The molecule has 5 N–H and O–H groups in total. The third kappa shape index (κ3) is 4.29. The zero-order valence-corrected chi connectivity index (χ0v) is 27.0. The van der Waals surface area contributed by atoms with Crippen molar-refractivity contribution in [3.8, 4) is 5.75 Å². The number of esters is 2. The second-order valence-electron chi connectivity index (χ2n) is 13.9. The third-order valence-electron chi connectivity index (χ3n) is 11.2. The van der Waals surface area contributed by atoms with Crippen molar-refractivity contribution in [2.45, 2.75) is 70.6 Å². The standard InChI is InChI=1S/C36H39NO10/c1-17-15-23-27-33(5,6)36(27,47-20(4)38)30(19(3)34(23,44)26-16-18(2)29(41)35(26,45)28(17)40)46-32(43)21-11-7-9-13-24(21)37-31(42)22-12-8-10-14-25(22)39/h7-16,19,23,26-28,30,39-40,44-45H,1-6H3,(H,37,42)/t19-,23+,26+,27-,28-,30-,34-,35+,36-/m1/s1. The lowest BCUT2D eigenvalue weighted by Crippen LogP contribution is -2.67. The number of fused-ring (bicyclic) bond motifs is 5. The number of amides is 1. The largest absolute Gasteiger partial charge is 0.507 e. The number of nitrogens with one attached hydrogen (secondary N) is 1. The second kappa shape index (κ2) is 10.6. The highest BCUT2D eigenvalue weighted by Gasteiger charge is 2.88. The zero-order chi connectivity index (χ0) is 34.4. The van der Waals surface area contributed by atoms with Gasteiger partial charge in [0.15, 0.2) is 17.0 Å². The second-order valence-corrected chi connectivity index (χ2v) is 13.9. The lowest BCUT2D eigenvalue weighted by molar-refractivity contribution is -0.225. The first-order chi connectivity index (χ1) is 21.9. The van der Waals surface area contributed by atoms with Gasteiger partial charge in [0, 0.05) is 36.0 Å². The van der Waals surface area contributed by atoms with Crippen molar-refractivity contribution in [3.63, 3.8) is 0 Å². The molecule has 2 aromatic rings. The molecule has 2 fully saturated rings. The number of para-hydroxylation sites is 2. The average Bonchev–Trinajstić information content (AvgIpc) is 3.41. The Balaban J connectivity index is 1.44. The van der Waals surface area contributed by atoms with Gasteiger partial charge in [0.2, 0.25) is 0 Å². The maximum absolute atomic E-state index is 14.1. The number of Topliss-reactive ketones (excluding diaryl/α,β-unsaturated/α-hetero) is 1. The number of aromatic hydroxyl groups is 1. The van der Waals surface area contributed by atoms with Crippen LogP contribution >= 0.6 is 0 Å². The van der Waals surface area contributed by atoms with Gasteiger partial charge in [0.05, 0.1) is 22.4 Å². The Bertz CT molecular complexity index is 1780. The molecule has 4 aliphatic carbocycles. The van der Waals surface area contributed by atoms with E-state index in [1.807, 2.05) is 13.8 Å². The van der Waals surface area contributed by atoms with Gasteiger partial charge in [-0.2, -0.15) is 0 Å². The van der Waals surface area contributed by atoms with Gasteiger partial charge in [-0.15, -0.1) is 0 Å². The van der Waals surface area contributed by atoms with Gasteiger partial charge >= 0.3 is 11.9 Å². The van der Waals surface area contributed by atoms with Crippen LogP contribution in [-0.4, -0.2) is 73.1 Å². The van der Waals surface area contributed by atoms with Crippen LogP contribution in [0.2, 0.25) is 0 Å². The molecule has 2 aromatic carbocycles. The van der Waals surface area contributed by atoms with Crippen molar-refractivity contribution in [2.75, 3.05) is 5.32 Å². The number of hydrogen-bond donors (Lipinski definition) is 5. The molecule has 9 atom stereocenters. The number of hydrogen-bond acceptors (Lipinski definition) is 10. The maximum atomic E-state index is 14.1. The summed E-state index contributed by atoms with van der Waals surface area (Å²) in [5.74, 6) is -6.97. The van der Waals surface area contributed by atoms with Gasteiger partial charge in [-0.3, -0.25) is 14.4 Å². The Morgan fingerprint density at radius 1 is 0.936 bits per heavy atom. The molecular formula is C36H39NO10. The molecule has 2 saturated carbocycles. The van der Waals surface area contributed by atoms with E-state index in [2.05, 4.69) is 5.32 Å². The van der Waals surface area contributed by atoms with Crippen LogP contribution in [-0.2, 0) is 19.1 Å². The first kappa shape index (κ1) is 32.6. The molecule has 0 aliphatic heterocycles. The molecule has 11 nitrogen and oxygen atoms in total. The summed E-state index contributed by atoms with van der Waals surface area (Å²) in [5.41, 5.74) is -6.13. The van der Waals surface area contributed by atoms with E-state index in [0.29, 0.717) is 0 Å². The van der Waals surface area contributed by atoms with Crippen molar-refractivity contribution in [1.82, 2.24) is 0 Å². The number of anilines is 1. The molecule has 0 unspecified atom stereocenters. The first-order valence-corrected chi connectivity index (χ1v) is 15.6. The van der Waals surface area contributed by atoms with Gasteiger partial charge < -0.3 is 35.2 Å². The minimum Gasteiger partial charge on any atom is -0.507 e. The van der Waals surface area contributed by atoms with Gasteiger partial charge in [-0.1, -0.05) is 57.2 Å². The Hall–Kier alpha value is -4.32. The number of phenolic OH excluding ortho intramolecular Hbond substituents is 1. The summed E-state index contributed by atoms with van der Waals surface area (Å²) < 4.78 is 12.3. The average molecular weight is 646 g/mol. The van der Waals surface area contributed by atoms with Crippen LogP contribution in [0, 0.1) is 29.1 Å². The number of rotatable bonds is 5. The number of ketones is 1. The van der Waals surface area contributed by atoms with E-state index in [1.165, 1.54) is 44.2 Å². The number of carbonyl (C=O) groups excluding carboxylic acids is 4. The number of carbonyl (C=O) groups is 4. The quantitative estimate of drug-likeness (QED) is 0.239. The lowest BCUT2D eigenvalue weighted by Gasteiger charge is -2.53. The van der Waals surface area contributed by atoms with Crippen LogP contribution in [0.5, 0.6) is 5.75 Å². The first-order valence-electron chi connectivity index (χ1n) is 15.6. The summed E-state index contributed by atoms with van der Waals surface area (Å²) in [5, 5.41) is 48.9. The highest BCUT2D eigenvalue weighted by Crippen LogP contribution is 2.77. The molecule has 6 rings (SSSR count). The Kier molecular flexibility index (Phi) is 7.35. The van der Waals surface area contributed by atoms with Crippen LogP contribution in [0.1, 0.15) is 62.3 Å². The van der Waals surface area contributed by atoms with Crippen molar-refractivity contribution < 1.29 is 49.1 Å². The van der Waals surface area contributed by atoms with Crippen LogP contribution < -0.4 is 5.32 Å². The van der Waals surface area contributed by atoms with Crippen molar-refractivity contribution in [3.05, 3.63) is 83.0 Å². The van der Waals surface area contributed by atoms with Gasteiger partial charge in [0.25, 0.3) is 5.91 Å². The van der Waals surface area contributed by atoms with E-state index < -0.39 is 81.7 Å². The van der Waals surface area contributed by atoms with Crippen LogP contribution in [0.25, 0.3) is 0 Å². The molecule has 0 radical (unpaired) electrons. The Morgan fingerprint density at radius 3 is 2.19 bits per heavy atom. The molecule has 0 heterocycles. The molecule has 0 spiro atoms. The van der Waals surface area contributed by atoms with Crippen LogP contribution in [0.4, 0.5) is 5.69 Å². The van der Waals surface area contributed by atoms with E-state index in [-0.39, 0.29) is 33.7 Å². The van der Waals surface area contributed by atoms with E-state index in [9.17, 15) is 39.6 Å². The van der Waals surface area contributed by atoms with Crippen LogP contribution in [0.3, 0.4) is 0 Å². The summed E-state index contributed by atoms with van der Waals surface area (Å²) in [6.45, 7) is 9.60. The minimum absolute atomic E-state index is 0.0120. The van der Waals surface area contributed by atoms with E-state index >= 15 is 0 Å². The molecule has 0 aromatic heterocycles. The molecule has 1 amide bonds. The minimum atomic E-state index is -2.38. The highest BCUT2D eigenvalue weighted by molar-refractivity contribution is 6.09. The Morgan fingerprint density at radius 2 is 1.55 bits per heavy atom. The van der Waals surface area contributed by atoms with Gasteiger partial charge in [-0.25, -0.2) is 4.79 Å². The topological polar surface area (TPSA) is 180 Å². The maximum Gasteiger partial charge on any atom is 0.340 e. The van der Waals surface area contributed by atoms with E-state index in [1.54, 1.807) is 44.2 Å². The monoisotopic (exact) mass is 645 g/mol. The molecule has 11 heteroatoms. The lowest BCUT2D eigenvalue weighted by atomic mass is 9.58. The fraction of sp³-hybridized carbons (Fsp3) is 0.444. The molecule has 47 heavy (non-hydrogen) atoms. The molecule has 0 saturated heterocycles. The Labute approximate surface area is 271 Å². The van der Waals surface area contributed by atoms with Gasteiger partial charge in [-0.05, 0) is 49.3 Å². The summed E-state index contributed by atoms with van der Waals surface area (Å²) in [7, 11) is 0. The van der Waals surface area contributed by atoms with Crippen molar-refractivity contribution in [2.24, 2.45) is 29.1 Å². The number of aliphatic hydroxyl groups excluding tert-OH is 1. The zero-order valence-electron chi connectivity index (χ0n) is 27.0. The number of phenols is 1. The number of benzene rings is 2. The summed E-state index contributed by atoms with van der Waals surface area (Å²) >= 11 is 0. The van der Waals surface area contributed by atoms with E-state index in [0.717, 1.165) is 0 Å².